The minimum Gasteiger partial charge on any atom is -0.241 e. The molecule has 0 aromatic carbocycles. The van der Waals surface area contributed by atoms with Crippen molar-refractivity contribution in [2.24, 2.45) is 0 Å². The highest BCUT2D eigenvalue weighted by atomic mass is 35.5. The molecule has 0 N–H and O–H groups in total. The van der Waals surface area contributed by atoms with Crippen molar-refractivity contribution >= 4 is 11.6 Å². The van der Waals surface area contributed by atoms with Gasteiger partial charge in [-0.3, -0.25) is 0 Å². The average molecular weight is 127 g/mol. The van der Waals surface area contributed by atoms with Gasteiger partial charge >= 0.3 is 0 Å². The van der Waals surface area contributed by atoms with Crippen molar-refractivity contribution in [1.29, 1.82) is 0 Å². The Balaban J connectivity index is 3.08. The van der Waals surface area contributed by atoms with Gasteiger partial charge in [-0.1, -0.05) is 17.7 Å². The topological polar surface area (TPSA) is 12.9 Å². The van der Waals surface area contributed by atoms with Gasteiger partial charge in [-0.05, 0) is 19.1 Å². The van der Waals surface area contributed by atoms with E-state index in [0.717, 1.165) is 0 Å². The van der Waals surface area contributed by atoms with E-state index in [1.807, 2.05) is 6.07 Å². The Morgan fingerprint density at radius 3 is 2.62 bits per heavy atom. The highest BCUT2D eigenvalue weighted by Gasteiger charge is 1.84. The molecule has 0 unspecified atom stereocenters. The van der Waals surface area contributed by atoms with E-state index >= 15 is 0 Å². The summed E-state index contributed by atoms with van der Waals surface area (Å²) in [6.07, 6.45) is 0. The van der Waals surface area contributed by atoms with Crippen LogP contribution in [0.4, 0.5) is 0 Å². The van der Waals surface area contributed by atoms with Crippen LogP contribution in [-0.4, -0.2) is 4.98 Å². The van der Waals surface area contributed by atoms with Crippen molar-refractivity contribution in [1.82, 2.24) is 4.98 Å². The van der Waals surface area contributed by atoms with Crippen molar-refractivity contribution in [3.05, 3.63) is 36.0 Å². The van der Waals surface area contributed by atoms with Crippen LogP contribution in [0.5, 0.6) is 0 Å². The summed E-state index contributed by atoms with van der Waals surface area (Å²) in [5.74, 6) is 0. The minimum atomic E-state index is 0.498. The van der Waals surface area contributed by atoms with Crippen molar-refractivity contribution in [2.75, 3.05) is 0 Å². The lowest BCUT2D eigenvalue weighted by atomic mass is 10.4. The van der Waals surface area contributed by atoms with E-state index in [1.165, 1.54) is 0 Å². The maximum atomic E-state index is 5.49. The first-order valence-corrected chi connectivity index (χ1v) is 2.61. The Hall–Kier alpha value is -0.560. The third-order valence-corrected chi connectivity index (χ3v) is 0.983. The van der Waals surface area contributed by atoms with Gasteiger partial charge in [-0.15, -0.1) is 0 Å². The maximum Gasteiger partial charge on any atom is 0.129 e. The molecule has 1 heterocycles. The first-order chi connectivity index (χ1) is 3.79. The summed E-state index contributed by atoms with van der Waals surface area (Å²) in [5.41, 5.74) is 0.706. The number of hydrogen-bond acceptors (Lipinski definition) is 1. The lowest BCUT2D eigenvalue weighted by Gasteiger charge is -1.87. The van der Waals surface area contributed by atoms with Gasteiger partial charge in [-0.2, -0.15) is 0 Å². The second-order valence-electron chi connectivity index (χ2n) is 1.45. The van der Waals surface area contributed by atoms with E-state index in [1.54, 1.807) is 12.1 Å². The molecule has 0 saturated heterocycles. The molecule has 0 atom stereocenters. The standard InChI is InChI=1S/C6H5ClN/c1-5-3-2-4-6(7)8-5/h2-4H,1H2. The predicted molar refractivity (Wildman–Crippen MR) is 33.7 cm³/mol. The van der Waals surface area contributed by atoms with Crippen LogP contribution in [0.1, 0.15) is 5.69 Å². The summed E-state index contributed by atoms with van der Waals surface area (Å²) in [7, 11) is 0. The molecule has 0 bridgehead atoms. The first-order valence-electron chi connectivity index (χ1n) is 2.23. The molecular weight excluding hydrogens is 122 g/mol. The zero-order chi connectivity index (χ0) is 5.98. The van der Waals surface area contributed by atoms with Crippen LogP contribution in [0.15, 0.2) is 18.2 Å². The van der Waals surface area contributed by atoms with Crippen LogP contribution in [-0.2, 0) is 0 Å². The third-order valence-electron chi connectivity index (χ3n) is 0.773. The van der Waals surface area contributed by atoms with Gasteiger partial charge in [0.05, 0.1) is 0 Å². The molecule has 0 amide bonds. The minimum absolute atomic E-state index is 0.498. The van der Waals surface area contributed by atoms with E-state index in [0.29, 0.717) is 10.8 Å². The molecular formula is C6H5ClN. The first kappa shape index (κ1) is 5.57. The van der Waals surface area contributed by atoms with Crippen LogP contribution in [0, 0.1) is 6.92 Å². The Morgan fingerprint density at radius 2 is 2.25 bits per heavy atom. The quantitative estimate of drug-likeness (QED) is 0.484. The molecule has 0 spiro atoms. The fourth-order valence-corrected chi connectivity index (χ4v) is 0.632. The molecule has 1 aromatic rings. The molecule has 41 valence electrons. The summed E-state index contributed by atoms with van der Waals surface area (Å²) in [5, 5.41) is 0.498. The lowest BCUT2D eigenvalue weighted by Crippen LogP contribution is -1.76. The van der Waals surface area contributed by atoms with Crippen molar-refractivity contribution < 1.29 is 0 Å². The van der Waals surface area contributed by atoms with Crippen molar-refractivity contribution in [3.63, 3.8) is 0 Å². The molecule has 0 aliphatic rings. The molecule has 1 aromatic heterocycles. The molecule has 2 heteroatoms. The molecule has 0 saturated carbocycles. The fraction of sp³-hybridized carbons (Fsp3) is 0. The Bertz CT molecular complexity index is 168. The SMILES string of the molecule is [CH2]c1cccc(Cl)n1. The largest absolute Gasteiger partial charge is 0.241 e. The van der Waals surface area contributed by atoms with Crippen molar-refractivity contribution in [2.45, 2.75) is 0 Å². The Morgan fingerprint density at radius 1 is 1.50 bits per heavy atom. The van der Waals surface area contributed by atoms with E-state index in [-0.39, 0.29) is 0 Å². The maximum absolute atomic E-state index is 5.49. The molecule has 0 fully saturated rings. The van der Waals surface area contributed by atoms with Crippen LogP contribution >= 0.6 is 11.6 Å². The van der Waals surface area contributed by atoms with Gasteiger partial charge < -0.3 is 0 Å². The van der Waals surface area contributed by atoms with Crippen LogP contribution in [0.25, 0.3) is 0 Å². The predicted octanol–water partition coefficient (Wildman–Crippen LogP) is 1.92. The number of nitrogens with zero attached hydrogens (tertiary/aromatic N) is 1. The second-order valence-corrected chi connectivity index (χ2v) is 1.84. The van der Waals surface area contributed by atoms with Gasteiger partial charge in [0.1, 0.15) is 5.15 Å². The van der Waals surface area contributed by atoms with Gasteiger partial charge in [0.25, 0.3) is 0 Å². The smallest absolute Gasteiger partial charge is 0.129 e. The number of halogens is 1. The Labute approximate surface area is 53.3 Å². The number of rotatable bonds is 0. The Kier molecular flexibility index (Phi) is 1.49. The average Bonchev–Trinajstić information content (AvgIpc) is 1.64. The summed E-state index contributed by atoms with van der Waals surface area (Å²) >= 11 is 5.49. The fourth-order valence-electron chi connectivity index (χ4n) is 0.450. The summed E-state index contributed by atoms with van der Waals surface area (Å²) in [6.45, 7) is 3.59. The number of pyridine rings is 1. The molecule has 1 rings (SSSR count). The van der Waals surface area contributed by atoms with Gasteiger partial charge in [0, 0.05) is 5.69 Å². The van der Waals surface area contributed by atoms with Crippen LogP contribution in [0.3, 0.4) is 0 Å². The molecule has 8 heavy (non-hydrogen) atoms. The highest BCUT2D eigenvalue weighted by molar-refractivity contribution is 6.29. The van der Waals surface area contributed by atoms with Gasteiger partial charge in [-0.25, -0.2) is 4.98 Å². The second kappa shape index (κ2) is 2.14. The zero-order valence-corrected chi connectivity index (χ0v) is 5.02. The zero-order valence-electron chi connectivity index (χ0n) is 4.26. The van der Waals surface area contributed by atoms with Crippen LogP contribution in [0.2, 0.25) is 5.15 Å². The van der Waals surface area contributed by atoms with Crippen LogP contribution < -0.4 is 0 Å². The van der Waals surface area contributed by atoms with Crippen molar-refractivity contribution in [3.8, 4) is 0 Å². The number of hydrogen-bond donors (Lipinski definition) is 0. The lowest BCUT2D eigenvalue weighted by molar-refractivity contribution is 1.27. The van der Waals surface area contributed by atoms with E-state index in [4.69, 9.17) is 11.6 Å². The molecule has 0 aliphatic carbocycles. The highest BCUT2D eigenvalue weighted by Crippen LogP contribution is 2.02. The third kappa shape index (κ3) is 1.20. The summed E-state index contributed by atoms with van der Waals surface area (Å²) in [4.78, 5) is 3.83. The monoisotopic (exact) mass is 126 g/mol. The number of aromatic nitrogens is 1. The molecule has 1 radical (unpaired) electrons. The molecule has 1 nitrogen and oxygen atoms in total. The summed E-state index contributed by atoms with van der Waals surface area (Å²) in [6, 6.07) is 5.33. The molecule has 0 aliphatic heterocycles. The summed E-state index contributed by atoms with van der Waals surface area (Å²) < 4.78 is 0. The normalized spacial score (nSPS) is 9.25. The van der Waals surface area contributed by atoms with Gasteiger partial charge in [0.2, 0.25) is 0 Å². The van der Waals surface area contributed by atoms with E-state index in [2.05, 4.69) is 11.9 Å². The van der Waals surface area contributed by atoms with E-state index < -0.39 is 0 Å². The van der Waals surface area contributed by atoms with Gasteiger partial charge in [0.15, 0.2) is 0 Å². The van der Waals surface area contributed by atoms with E-state index in [9.17, 15) is 0 Å².